The van der Waals surface area contributed by atoms with E-state index in [4.69, 9.17) is 27.9 Å². The van der Waals surface area contributed by atoms with Gasteiger partial charge in [-0.15, -0.1) is 0 Å². The molecule has 8 heteroatoms. The van der Waals surface area contributed by atoms with Gasteiger partial charge in [0, 0.05) is 23.0 Å². The van der Waals surface area contributed by atoms with E-state index >= 15 is 0 Å². The van der Waals surface area contributed by atoms with Gasteiger partial charge in [0.1, 0.15) is 5.69 Å². The predicted molar refractivity (Wildman–Crippen MR) is 139 cm³/mol. The molecule has 1 amide bonds. The highest BCUT2D eigenvalue weighted by atomic mass is 35.5. The van der Waals surface area contributed by atoms with Crippen molar-refractivity contribution in [1.82, 2.24) is 4.57 Å². The molecule has 1 N–H and O–H groups in total. The zero-order valence-corrected chi connectivity index (χ0v) is 20.6. The Labute approximate surface area is 212 Å². The van der Waals surface area contributed by atoms with Crippen molar-refractivity contribution in [3.8, 4) is 11.1 Å². The van der Waals surface area contributed by atoms with Gasteiger partial charge < -0.3 is 14.6 Å². The van der Waals surface area contributed by atoms with E-state index in [0.29, 0.717) is 32.1 Å². The molecule has 0 saturated carbocycles. The minimum atomic E-state index is -1.12. The van der Waals surface area contributed by atoms with Crippen LogP contribution in [0.4, 0.5) is 5.69 Å². The van der Waals surface area contributed by atoms with Crippen LogP contribution >= 0.6 is 23.2 Å². The molecule has 1 unspecified atom stereocenters. The molecule has 35 heavy (non-hydrogen) atoms. The first-order chi connectivity index (χ1) is 16.8. The Morgan fingerprint density at radius 2 is 1.63 bits per heavy atom. The van der Waals surface area contributed by atoms with Crippen molar-refractivity contribution in [3.05, 3.63) is 98.9 Å². The molecule has 178 valence electrons. The van der Waals surface area contributed by atoms with Gasteiger partial charge in [-0.05, 0) is 41.6 Å². The molecule has 0 aliphatic carbocycles. The summed E-state index contributed by atoms with van der Waals surface area (Å²) in [5.41, 5.74) is 1.33. The highest BCUT2D eigenvalue weighted by Crippen LogP contribution is 2.31. The molecule has 4 aromatic rings. The number of halogens is 2. The van der Waals surface area contributed by atoms with Gasteiger partial charge in [0.25, 0.3) is 11.5 Å². The summed E-state index contributed by atoms with van der Waals surface area (Å²) in [6.07, 6.45) is -0.916. The van der Waals surface area contributed by atoms with Crippen LogP contribution in [0.25, 0.3) is 21.9 Å². The first-order valence-electron chi connectivity index (χ1n) is 11.0. The third kappa shape index (κ3) is 4.94. The largest absolute Gasteiger partial charge is 0.448 e. The maximum atomic E-state index is 13.5. The predicted octanol–water partition coefficient (Wildman–Crippen LogP) is 6.09. The second-order valence-corrected chi connectivity index (χ2v) is 8.76. The van der Waals surface area contributed by atoms with Crippen LogP contribution in [0.15, 0.2) is 77.6 Å². The number of nitrogens with zero attached hydrogens (tertiary/aromatic N) is 1. The smallest absolute Gasteiger partial charge is 0.356 e. The van der Waals surface area contributed by atoms with E-state index in [9.17, 15) is 14.4 Å². The van der Waals surface area contributed by atoms with Crippen LogP contribution in [-0.4, -0.2) is 22.5 Å². The quantitative estimate of drug-likeness (QED) is 0.320. The topological polar surface area (TPSA) is 77.4 Å². The highest BCUT2D eigenvalue weighted by molar-refractivity contribution is 6.35. The number of nitrogens with one attached hydrogen (secondary N) is 1. The third-order valence-electron chi connectivity index (χ3n) is 5.66. The summed E-state index contributed by atoms with van der Waals surface area (Å²) in [7, 11) is 1.52. The van der Waals surface area contributed by atoms with Gasteiger partial charge in [-0.2, -0.15) is 0 Å². The third-order valence-corrected chi connectivity index (χ3v) is 6.22. The van der Waals surface area contributed by atoms with E-state index in [0.717, 1.165) is 5.56 Å². The Morgan fingerprint density at radius 3 is 2.31 bits per heavy atom. The van der Waals surface area contributed by atoms with E-state index in [1.54, 1.807) is 43.3 Å². The Balaban J connectivity index is 1.75. The Morgan fingerprint density at radius 1 is 0.971 bits per heavy atom. The van der Waals surface area contributed by atoms with Crippen molar-refractivity contribution < 1.29 is 14.3 Å². The molecule has 0 fully saturated rings. The van der Waals surface area contributed by atoms with Crippen LogP contribution in [0.3, 0.4) is 0 Å². The fourth-order valence-electron chi connectivity index (χ4n) is 3.91. The Kier molecular flexibility index (Phi) is 7.24. The average molecular weight is 509 g/mol. The van der Waals surface area contributed by atoms with Gasteiger partial charge >= 0.3 is 5.97 Å². The van der Waals surface area contributed by atoms with Crippen molar-refractivity contribution in [3.63, 3.8) is 0 Å². The molecule has 1 aromatic heterocycles. The standard InChI is InChI=1S/C27H22Cl2N2O4/c1-3-22(25(32)30-21-15-17(28)13-14-20(21)29)35-27(34)24-23(16-9-5-4-6-10-16)18-11-7-8-12-19(18)26(33)31(24)2/h4-15,22H,3H2,1-2H3,(H,30,32). The van der Waals surface area contributed by atoms with Gasteiger partial charge in [0.15, 0.2) is 6.10 Å². The number of fused-ring (bicyclic) bond motifs is 1. The Hall–Kier alpha value is -3.61. The lowest BCUT2D eigenvalue weighted by atomic mass is 9.97. The summed E-state index contributed by atoms with van der Waals surface area (Å²) in [6.45, 7) is 1.72. The van der Waals surface area contributed by atoms with Crippen LogP contribution < -0.4 is 10.9 Å². The SMILES string of the molecule is CCC(OC(=O)c1c(-c2ccccc2)c2ccccc2c(=O)n1C)C(=O)Nc1cc(Cl)ccc1Cl. The lowest BCUT2D eigenvalue weighted by Crippen LogP contribution is -2.34. The maximum Gasteiger partial charge on any atom is 0.356 e. The zero-order chi connectivity index (χ0) is 25.1. The van der Waals surface area contributed by atoms with Crippen LogP contribution in [0.1, 0.15) is 23.8 Å². The van der Waals surface area contributed by atoms with E-state index < -0.39 is 18.0 Å². The number of hydrogen-bond acceptors (Lipinski definition) is 4. The van der Waals surface area contributed by atoms with E-state index in [1.807, 2.05) is 30.3 Å². The number of anilines is 1. The highest BCUT2D eigenvalue weighted by Gasteiger charge is 2.28. The number of pyridine rings is 1. The van der Waals surface area contributed by atoms with Crippen LogP contribution in [0.5, 0.6) is 0 Å². The zero-order valence-electron chi connectivity index (χ0n) is 19.0. The molecule has 0 aliphatic rings. The molecule has 0 bridgehead atoms. The van der Waals surface area contributed by atoms with Gasteiger partial charge in [0.05, 0.1) is 10.7 Å². The normalized spacial score (nSPS) is 11.8. The molecule has 1 atom stereocenters. The summed E-state index contributed by atoms with van der Waals surface area (Å²) < 4.78 is 6.92. The second-order valence-electron chi connectivity index (χ2n) is 7.92. The van der Waals surface area contributed by atoms with Gasteiger partial charge in [-0.25, -0.2) is 4.79 Å². The Bertz CT molecular complexity index is 1480. The van der Waals surface area contributed by atoms with Crippen molar-refractivity contribution in [2.24, 2.45) is 7.05 Å². The summed E-state index contributed by atoms with van der Waals surface area (Å²) in [5.74, 6) is -1.34. The summed E-state index contributed by atoms with van der Waals surface area (Å²) in [4.78, 5) is 39.5. The molecule has 3 aromatic carbocycles. The molecule has 0 saturated heterocycles. The number of carbonyl (C=O) groups is 2. The monoisotopic (exact) mass is 508 g/mol. The van der Waals surface area contributed by atoms with Gasteiger partial charge in [-0.3, -0.25) is 9.59 Å². The first kappa shape index (κ1) is 24.5. The number of hydrogen-bond donors (Lipinski definition) is 1. The van der Waals surface area contributed by atoms with Gasteiger partial charge in [0.2, 0.25) is 0 Å². The number of amides is 1. The average Bonchev–Trinajstić information content (AvgIpc) is 2.87. The molecular formula is C27H22Cl2N2O4. The lowest BCUT2D eigenvalue weighted by molar-refractivity contribution is -0.124. The molecule has 0 spiro atoms. The van der Waals surface area contributed by atoms with Crippen LogP contribution in [-0.2, 0) is 16.6 Å². The van der Waals surface area contributed by atoms with Crippen molar-refractivity contribution in [1.29, 1.82) is 0 Å². The van der Waals surface area contributed by atoms with Gasteiger partial charge in [-0.1, -0.05) is 78.7 Å². The van der Waals surface area contributed by atoms with Crippen molar-refractivity contribution in [2.75, 3.05) is 5.32 Å². The molecular weight excluding hydrogens is 487 g/mol. The van der Waals surface area contributed by atoms with Crippen molar-refractivity contribution in [2.45, 2.75) is 19.4 Å². The molecule has 1 heterocycles. The maximum absolute atomic E-state index is 13.5. The lowest BCUT2D eigenvalue weighted by Gasteiger charge is -2.20. The molecule has 0 radical (unpaired) electrons. The second kappa shape index (κ2) is 10.3. The summed E-state index contributed by atoms with van der Waals surface area (Å²) >= 11 is 12.2. The van der Waals surface area contributed by atoms with Crippen LogP contribution in [0.2, 0.25) is 10.0 Å². The molecule has 6 nitrogen and oxygen atoms in total. The minimum absolute atomic E-state index is 0.0620. The molecule has 0 aliphatic heterocycles. The van der Waals surface area contributed by atoms with E-state index in [-0.39, 0.29) is 17.7 Å². The number of carbonyl (C=O) groups excluding carboxylic acids is 2. The van der Waals surface area contributed by atoms with Crippen LogP contribution in [0, 0.1) is 0 Å². The van der Waals surface area contributed by atoms with Crippen molar-refractivity contribution >= 4 is 51.5 Å². The number of ether oxygens (including phenoxy) is 1. The fourth-order valence-corrected chi connectivity index (χ4v) is 4.25. The minimum Gasteiger partial charge on any atom is -0.448 e. The molecule has 4 rings (SSSR count). The number of benzene rings is 3. The number of rotatable bonds is 6. The van der Waals surface area contributed by atoms with E-state index in [1.165, 1.54) is 17.7 Å². The number of aromatic nitrogens is 1. The summed E-state index contributed by atoms with van der Waals surface area (Å²) in [5, 5.41) is 4.45. The number of esters is 1. The fraction of sp³-hybridized carbons (Fsp3) is 0.148. The first-order valence-corrected chi connectivity index (χ1v) is 11.7. The summed E-state index contributed by atoms with van der Waals surface area (Å²) in [6, 6.07) is 21.0. The van der Waals surface area contributed by atoms with E-state index in [2.05, 4.69) is 5.32 Å².